The van der Waals surface area contributed by atoms with Gasteiger partial charge in [0.1, 0.15) is 0 Å². The average Bonchev–Trinajstić information content (AvgIpc) is 2.70. The molecule has 0 atom stereocenters. The van der Waals surface area contributed by atoms with Crippen LogP contribution in [0.25, 0.3) is 11.1 Å². The third kappa shape index (κ3) is 5.59. The van der Waals surface area contributed by atoms with Crippen molar-refractivity contribution < 1.29 is 27.9 Å². The molecule has 0 aliphatic rings. The van der Waals surface area contributed by atoms with E-state index < -0.39 is 23.6 Å². The third-order valence-electron chi connectivity index (χ3n) is 5.02. The molecular formula is C24H21F3NNaO3. The van der Waals surface area contributed by atoms with Gasteiger partial charge in [-0.3, -0.25) is 4.79 Å². The monoisotopic (exact) mass is 451 g/mol. The van der Waals surface area contributed by atoms with Crippen LogP contribution >= 0.6 is 0 Å². The van der Waals surface area contributed by atoms with Crippen molar-refractivity contribution in [2.75, 3.05) is 5.32 Å². The molecule has 8 heteroatoms. The zero-order valence-electron chi connectivity index (χ0n) is 17.1. The Bertz CT molecular complexity index is 1170. The first kappa shape index (κ1) is 25.6. The number of aromatic carboxylic acids is 1. The predicted octanol–water partition coefficient (Wildman–Crippen LogP) is 5.60. The van der Waals surface area contributed by atoms with Gasteiger partial charge in [-0.1, -0.05) is 24.3 Å². The van der Waals surface area contributed by atoms with Crippen molar-refractivity contribution >= 4 is 47.1 Å². The van der Waals surface area contributed by atoms with Gasteiger partial charge in [0.05, 0.1) is 11.1 Å². The van der Waals surface area contributed by atoms with Crippen LogP contribution in [0.5, 0.6) is 0 Å². The summed E-state index contributed by atoms with van der Waals surface area (Å²) in [4.78, 5) is 24.2. The van der Waals surface area contributed by atoms with Crippen molar-refractivity contribution in [1.82, 2.24) is 0 Å². The van der Waals surface area contributed by atoms with E-state index in [9.17, 15) is 27.9 Å². The number of carbonyl (C=O) groups is 2. The van der Waals surface area contributed by atoms with Crippen LogP contribution in [-0.2, 0) is 6.18 Å². The molecule has 0 saturated heterocycles. The second kappa shape index (κ2) is 9.90. The molecule has 0 bridgehead atoms. The third-order valence-corrected chi connectivity index (χ3v) is 5.02. The van der Waals surface area contributed by atoms with Crippen molar-refractivity contribution in [1.29, 1.82) is 0 Å². The van der Waals surface area contributed by atoms with Gasteiger partial charge in [-0.05, 0) is 78.9 Å². The van der Waals surface area contributed by atoms with Gasteiger partial charge in [0.2, 0.25) is 0 Å². The van der Waals surface area contributed by atoms with Crippen molar-refractivity contribution in [2.45, 2.75) is 26.9 Å². The van der Waals surface area contributed by atoms with Gasteiger partial charge >= 0.3 is 41.7 Å². The molecule has 0 unspecified atom stereocenters. The van der Waals surface area contributed by atoms with Crippen molar-refractivity contribution in [2.24, 2.45) is 0 Å². The summed E-state index contributed by atoms with van der Waals surface area (Å²) in [6, 6.07) is 12.8. The average molecular weight is 451 g/mol. The standard InChI is InChI=1S/C24H20F3NO3.Na.H/c1-13-7-8-17(16-5-4-6-19(11-16)24(25,26)27)12-20(13)22(29)28-21-14(2)9-18(23(30)31)10-15(21)3;;/h4-12H,1-3H3,(H,28,29)(H,30,31);;. The van der Waals surface area contributed by atoms with E-state index in [2.05, 4.69) is 5.32 Å². The van der Waals surface area contributed by atoms with Crippen LogP contribution in [0.1, 0.15) is 43.0 Å². The van der Waals surface area contributed by atoms with Gasteiger partial charge in [0.25, 0.3) is 5.91 Å². The van der Waals surface area contributed by atoms with Gasteiger partial charge in [-0.2, -0.15) is 13.2 Å². The summed E-state index contributed by atoms with van der Waals surface area (Å²) >= 11 is 0. The van der Waals surface area contributed by atoms with Crippen LogP contribution in [0.2, 0.25) is 0 Å². The Morgan fingerprint density at radius 2 is 1.44 bits per heavy atom. The first-order valence-corrected chi connectivity index (χ1v) is 9.41. The molecule has 0 heterocycles. The summed E-state index contributed by atoms with van der Waals surface area (Å²) in [6.45, 7) is 5.13. The van der Waals surface area contributed by atoms with Gasteiger partial charge in [-0.25, -0.2) is 4.79 Å². The van der Waals surface area contributed by atoms with Crippen LogP contribution in [0, 0.1) is 20.8 Å². The van der Waals surface area contributed by atoms with Crippen LogP contribution in [0.15, 0.2) is 54.6 Å². The molecule has 32 heavy (non-hydrogen) atoms. The number of amides is 1. The second-order valence-corrected chi connectivity index (χ2v) is 7.35. The Hall–Kier alpha value is -2.61. The summed E-state index contributed by atoms with van der Waals surface area (Å²) in [5.74, 6) is -1.49. The molecule has 0 radical (unpaired) electrons. The Labute approximate surface area is 205 Å². The molecule has 1 amide bonds. The summed E-state index contributed by atoms with van der Waals surface area (Å²) in [7, 11) is 0. The van der Waals surface area contributed by atoms with E-state index >= 15 is 0 Å². The number of nitrogens with one attached hydrogen (secondary N) is 1. The molecule has 0 spiro atoms. The molecule has 4 nitrogen and oxygen atoms in total. The molecule has 0 fully saturated rings. The molecule has 3 rings (SSSR count). The quantitative estimate of drug-likeness (QED) is 0.508. The molecule has 162 valence electrons. The fraction of sp³-hybridized carbons (Fsp3) is 0.167. The van der Waals surface area contributed by atoms with E-state index in [1.54, 1.807) is 45.0 Å². The number of halogens is 3. The number of aryl methyl sites for hydroxylation is 3. The first-order chi connectivity index (χ1) is 14.5. The van der Waals surface area contributed by atoms with Crippen LogP contribution in [-0.4, -0.2) is 46.5 Å². The number of alkyl halides is 3. The van der Waals surface area contributed by atoms with Gasteiger partial charge in [0.15, 0.2) is 0 Å². The van der Waals surface area contributed by atoms with Crippen molar-refractivity contribution in [3.8, 4) is 11.1 Å². The number of carboxylic acids is 1. The number of hydrogen-bond acceptors (Lipinski definition) is 2. The Morgan fingerprint density at radius 1 is 0.844 bits per heavy atom. The van der Waals surface area contributed by atoms with E-state index in [1.807, 2.05) is 0 Å². The summed E-state index contributed by atoms with van der Waals surface area (Å²) < 4.78 is 39.2. The summed E-state index contributed by atoms with van der Waals surface area (Å²) in [5, 5.41) is 12.0. The SMILES string of the molecule is Cc1ccc(-c2cccc(C(F)(F)F)c2)cc1C(=O)Nc1c(C)cc(C(=O)O)cc1C.[NaH]. The molecule has 2 N–H and O–H groups in total. The summed E-state index contributed by atoms with van der Waals surface area (Å²) in [5.41, 5.74) is 2.85. The van der Waals surface area contributed by atoms with E-state index in [0.29, 0.717) is 39.1 Å². The molecule has 0 aliphatic heterocycles. The number of carboxylic acid groups (broad SMARTS) is 1. The van der Waals surface area contributed by atoms with Gasteiger partial charge in [-0.15, -0.1) is 0 Å². The zero-order chi connectivity index (χ0) is 22.9. The fourth-order valence-corrected chi connectivity index (χ4v) is 3.39. The van der Waals surface area contributed by atoms with Crippen LogP contribution < -0.4 is 5.32 Å². The molecule has 0 saturated carbocycles. The predicted molar refractivity (Wildman–Crippen MR) is 120 cm³/mol. The van der Waals surface area contributed by atoms with Crippen LogP contribution in [0.3, 0.4) is 0 Å². The normalized spacial score (nSPS) is 10.9. The molecule has 0 aliphatic carbocycles. The minimum absolute atomic E-state index is 0. The molecular weight excluding hydrogens is 430 g/mol. The maximum absolute atomic E-state index is 13.1. The van der Waals surface area contributed by atoms with Crippen molar-refractivity contribution in [3.05, 3.63) is 88.0 Å². The van der Waals surface area contributed by atoms with E-state index in [1.165, 1.54) is 18.2 Å². The number of benzene rings is 3. The Morgan fingerprint density at radius 3 is 2.00 bits per heavy atom. The first-order valence-electron chi connectivity index (χ1n) is 9.41. The molecule has 3 aromatic carbocycles. The second-order valence-electron chi connectivity index (χ2n) is 7.35. The zero-order valence-corrected chi connectivity index (χ0v) is 17.1. The molecule has 0 aromatic heterocycles. The van der Waals surface area contributed by atoms with E-state index in [-0.39, 0.29) is 35.1 Å². The number of rotatable bonds is 4. The van der Waals surface area contributed by atoms with E-state index in [4.69, 9.17) is 0 Å². The van der Waals surface area contributed by atoms with Crippen LogP contribution in [0.4, 0.5) is 18.9 Å². The topological polar surface area (TPSA) is 66.4 Å². The Balaban J connectivity index is 0.00000363. The minimum atomic E-state index is -4.46. The number of carbonyl (C=O) groups excluding carboxylic acids is 1. The fourth-order valence-electron chi connectivity index (χ4n) is 3.39. The number of anilines is 1. The maximum atomic E-state index is 13.1. The van der Waals surface area contributed by atoms with Gasteiger partial charge < -0.3 is 10.4 Å². The molecule has 3 aromatic rings. The summed E-state index contributed by atoms with van der Waals surface area (Å²) in [6.07, 6.45) is -4.46. The van der Waals surface area contributed by atoms with Crippen molar-refractivity contribution in [3.63, 3.8) is 0 Å². The number of hydrogen-bond donors (Lipinski definition) is 2. The van der Waals surface area contributed by atoms with E-state index in [0.717, 1.165) is 12.1 Å². The van der Waals surface area contributed by atoms with Gasteiger partial charge in [0, 0.05) is 11.3 Å². The Kier molecular flexibility index (Phi) is 7.93.